The first-order valence-corrected chi connectivity index (χ1v) is 10.8. The summed E-state index contributed by atoms with van der Waals surface area (Å²) in [6, 6.07) is 13.2. The second-order valence-corrected chi connectivity index (χ2v) is 7.98. The Labute approximate surface area is 189 Å². The van der Waals surface area contributed by atoms with Crippen LogP contribution in [0.5, 0.6) is 11.5 Å². The lowest BCUT2D eigenvalue weighted by Gasteiger charge is -2.41. The summed E-state index contributed by atoms with van der Waals surface area (Å²) in [6.45, 7) is 3.22. The Balaban J connectivity index is 1.82. The second-order valence-electron chi connectivity index (χ2n) is 7.98. The average molecular weight is 441 g/mol. The van der Waals surface area contributed by atoms with Crippen LogP contribution in [0.2, 0.25) is 0 Å². The molecule has 1 N–H and O–H groups in total. The number of benzene rings is 2. The minimum Gasteiger partial charge on any atom is -0.497 e. The van der Waals surface area contributed by atoms with Gasteiger partial charge in [0, 0.05) is 38.2 Å². The van der Waals surface area contributed by atoms with E-state index in [-0.39, 0.29) is 23.8 Å². The monoisotopic (exact) mass is 440 g/mol. The Bertz CT molecular complexity index is 928. The van der Waals surface area contributed by atoms with Crippen LogP contribution in [0.15, 0.2) is 42.5 Å². The number of nitrogens with one attached hydrogen (secondary N) is 1. The highest BCUT2D eigenvalue weighted by molar-refractivity contribution is 5.85. The van der Waals surface area contributed by atoms with Gasteiger partial charge in [0.15, 0.2) is 0 Å². The Kier molecular flexibility index (Phi) is 8.11. The van der Waals surface area contributed by atoms with Gasteiger partial charge in [0.1, 0.15) is 11.5 Å². The maximum absolute atomic E-state index is 13.3. The van der Waals surface area contributed by atoms with Crippen LogP contribution in [0.1, 0.15) is 35.6 Å². The minimum atomic E-state index is -0.350. The van der Waals surface area contributed by atoms with Crippen LogP contribution in [-0.2, 0) is 20.9 Å². The van der Waals surface area contributed by atoms with E-state index in [4.69, 9.17) is 14.2 Å². The highest BCUT2D eigenvalue weighted by Gasteiger charge is 2.40. The van der Waals surface area contributed by atoms with Gasteiger partial charge < -0.3 is 24.4 Å². The summed E-state index contributed by atoms with van der Waals surface area (Å²) in [5.74, 6) is 0.963. The average Bonchev–Trinajstić information content (AvgIpc) is 2.82. The number of hydrogen-bond acceptors (Lipinski definition) is 5. The third-order valence-electron chi connectivity index (χ3n) is 5.95. The highest BCUT2D eigenvalue weighted by Crippen LogP contribution is 2.37. The zero-order chi connectivity index (χ0) is 23.1. The number of piperidine rings is 1. The summed E-state index contributed by atoms with van der Waals surface area (Å²) < 4.78 is 15.9. The zero-order valence-electron chi connectivity index (χ0n) is 19.2. The normalized spacial score (nSPS) is 18.4. The SMILES string of the molecule is COCCN1C(=O)CC[C@@H](C(=O)NCc2ccc(OC)cc2OC)[C@H]1c1ccc(C)cc1. The molecule has 1 fully saturated rings. The first kappa shape index (κ1) is 23.6. The van der Waals surface area contributed by atoms with Gasteiger partial charge in [-0.25, -0.2) is 0 Å². The lowest BCUT2D eigenvalue weighted by molar-refractivity contribution is -0.144. The maximum atomic E-state index is 13.3. The number of ether oxygens (including phenoxy) is 3. The molecule has 0 spiro atoms. The minimum absolute atomic E-state index is 0.0495. The molecule has 0 unspecified atom stereocenters. The van der Waals surface area contributed by atoms with Crippen LogP contribution in [-0.4, -0.2) is 51.2 Å². The fourth-order valence-corrected chi connectivity index (χ4v) is 4.17. The number of likely N-dealkylation sites (tertiary alicyclic amines) is 1. The summed E-state index contributed by atoms with van der Waals surface area (Å²) in [7, 11) is 4.80. The Morgan fingerprint density at radius 1 is 1.09 bits per heavy atom. The molecule has 0 aromatic heterocycles. The van der Waals surface area contributed by atoms with E-state index in [0.717, 1.165) is 16.7 Å². The van der Waals surface area contributed by atoms with E-state index in [0.29, 0.717) is 44.0 Å². The molecule has 7 nitrogen and oxygen atoms in total. The summed E-state index contributed by atoms with van der Waals surface area (Å²) in [5, 5.41) is 3.05. The molecule has 0 aliphatic carbocycles. The van der Waals surface area contributed by atoms with E-state index < -0.39 is 0 Å². The number of aryl methyl sites for hydroxylation is 1. The van der Waals surface area contributed by atoms with Gasteiger partial charge in [-0.2, -0.15) is 0 Å². The van der Waals surface area contributed by atoms with E-state index >= 15 is 0 Å². The molecule has 1 saturated heterocycles. The fourth-order valence-electron chi connectivity index (χ4n) is 4.17. The molecule has 1 aliphatic heterocycles. The molecule has 2 atom stereocenters. The quantitative estimate of drug-likeness (QED) is 0.648. The van der Waals surface area contributed by atoms with Crippen molar-refractivity contribution in [2.45, 2.75) is 32.4 Å². The maximum Gasteiger partial charge on any atom is 0.225 e. The molecule has 2 aromatic rings. The molecular formula is C25H32N2O5. The van der Waals surface area contributed by atoms with Crippen LogP contribution in [0.4, 0.5) is 0 Å². The van der Waals surface area contributed by atoms with Crippen molar-refractivity contribution in [1.29, 1.82) is 0 Å². The van der Waals surface area contributed by atoms with Crippen molar-refractivity contribution in [3.8, 4) is 11.5 Å². The number of rotatable bonds is 9. The molecule has 0 bridgehead atoms. The number of nitrogens with zero attached hydrogens (tertiary/aromatic N) is 1. The van der Waals surface area contributed by atoms with Gasteiger partial charge in [-0.05, 0) is 31.0 Å². The standard InChI is InChI=1S/C25H32N2O5/c1-17-5-7-18(8-6-17)24-21(11-12-23(28)27(24)13-14-30-2)25(29)26-16-19-9-10-20(31-3)15-22(19)32-4/h5-10,15,21,24H,11-14,16H2,1-4H3,(H,26,29)/t21-,24-/m1/s1. The van der Waals surface area contributed by atoms with Gasteiger partial charge in [0.2, 0.25) is 11.8 Å². The van der Waals surface area contributed by atoms with E-state index in [1.165, 1.54) is 0 Å². The summed E-state index contributed by atoms with van der Waals surface area (Å²) in [6.07, 6.45) is 0.850. The lowest BCUT2D eigenvalue weighted by atomic mass is 9.83. The van der Waals surface area contributed by atoms with Crippen molar-refractivity contribution in [2.75, 3.05) is 34.5 Å². The van der Waals surface area contributed by atoms with Crippen LogP contribution in [0, 0.1) is 12.8 Å². The number of methoxy groups -OCH3 is 3. The number of carbonyl (C=O) groups excluding carboxylic acids is 2. The van der Waals surface area contributed by atoms with Gasteiger partial charge in [0.05, 0.1) is 32.8 Å². The van der Waals surface area contributed by atoms with Gasteiger partial charge in [0.25, 0.3) is 0 Å². The fraction of sp³-hybridized carbons (Fsp3) is 0.440. The highest BCUT2D eigenvalue weighted by atomic mass is 16.5. The van der Waals surface area contributed by atoms with Gasteiger partial charge >= 0.3 is 0 Å². The predicted octanol–water partition coefficient (Wildman–Crippen LogP) is 3.25. The lowest BCUT2D eigenvalue weighted by Crippen LogP contribution is -2.49. The molecule has 3 rings (SSSR count). The predicted molar refractivity (Wildman–Crippen MR) is 122 cm³/mol. The summed E-state index contributed by atoms with van der Waals surface area (Å²) >= 11 is 0. The molecule has 0 saturated carbocycles. The van der Waals surface area contributed by atoms with Crippen LogP contribution >= 0.6 is 0 Å². The third-order valence-corrected chi connectivity index (χ3v) is 5.95. The number of hydrogen-bond donors (Lipinski definition) is 1. The molecule has 32 heavy (non-hydrogen) atoms. The Hall–Kier alpha value is -3.06. The first-order chi connectivity index (χ1) is 15.5. The van der Waals surface area contributed by atoms with Crippen LogP contribution in [0.25, 0.3) is 0 Å². The zero-order valence-corrected chi connectivity index (χ0v) is 19.2. The van der Waals surface area contributed by atoms with E-state index in [9.17, 15) is 9.59 Å². The van der Waals surface area contributed by atoms with Crippen LogP contribution in [0.3, 0.4) is 0 Å². The van der Waals surface area contributed by atoms with E-state index in [1.54, 1.807) is 32.3 Å². The van der Waals surface area contributed by atoms with Crippen molar-refractivity contribution in [3.05, 3.63) is 59.2 Å². The Morgan fingerprint density at radius 3 is 2.50 bits per heavy atom. The molecule has 2 aromatic carbocycles. The summed E-state index contributed by atoms with van der Waals surface area (Å²) in [5.41, 5.74) is 2.95. The summed E-state index contributed by atoms with van der Waals surface area (Å²) in [4.78, 5) is 27.9. The molecule has 1 aliphatic rings. The Morgan fingerprint density at radius 2 is 1.84 bits per heavy atom. The molecule has 1 heterocycles. The van der Waals surface area contributed by atoms with Gasteiger partial charge in [-0.3, -0.25) is 9.59 Å². The van der Waals surface area contributed by atoms with Crippen molar-refractivity contribution >= 4 is 11.8 Å². The van der Waals surface area contributed by atoms with Crippen molar-refractivity contribution < 1.29 is 23.8 Å². The van der Waals surface area contributed by atoms with Crippen molar-refractivity contribution in [2.24, 2.45) is 5.92 Å². The van der Waals surface area contributed by atoms with E-state index in [1.807, 2.05) is 43.3 Å². The first-order valence-electron chi connectivity index (χ1n) is 10.8. The van der Waals surface area contributed by atoms with Crippen molar-refractivity contribution in [1.82, 2.24) is 10.2 Å². The molecule has 172 valence electrons. The molecular weight excluding hydrogens is 408 g/mol. The van der Waals surface area contributed by atoms with Crippen molar-refractivity contribution in [3.63, 3.8) is 0 Å². The number of amides is 2. The third kappa shape index (κ3) is 5.40. The molecule has 7 heteroatoms. The van der Waals surface area contributed by atoms with Gasteiger partial charge in [-0.1, -0.05) is 29.8 Å². The number of carbonyl (C=O) groups is 2. The molecule has 0 radical (unpaired) electrons. The van der Waals surface area contributed by atoms with Gasteiger partial charge in [-0.15, -0.1) is 0 Å². The van der Waals surface area contributed by atoms with Crippen LogP contribution < -0.4 is 14.8 Å². The smallest absolute Gasteiger partial charge is 0.225 e. The topological polar surface area (TPSA) is 77.1 Å². The van der Waals surface area contributed by atoms with E-state index in [2.05, 4.69) is 5.32 Å². The largest absolute Gasteiger partial charge is 0.497 e. The molecule has 2 amide bonds. The second kappa shape index (κ2) is 11.0.